The van der Waals surface area contributed by atoms with Crippen molar-refractivity contribution >= 4 is 5.91 Å². The van der Waals surface area contributed by atoms with E-state index in [0.29, 0.717) is 36.9 Å². The van der Waals surface area contributed by atoms with Crippen molar-refractivity contribution in [2.24, 2.45) is 0 Å². The van der Waals surface area contributed by atoms with Crippen LogP contribution in [-0.4, -0.2) is 50.4 Å². The Hall–Kier alpha value is -2.61. The molecule has 0 aromatic carbocycles. The van der Waals surface area contributed by atoms with E-state index in [4.69, 9.17) is 4.74 Å². The van der Waals surface area contributed by atoms with E-state index in [1.807, 2.05) is 0 Å². The summed E-state index contributed by atoms with van der Waals surface area (Å²) in [5.41, 5.74) is 0.716. The second kappa shape index (κ2) is 6.02. The lowest BCUT2D eigenvalue weighted by atomic mass is 10.2. The van der Waals surface area contributed by atoms with E-state index < -0.39 is 6.10 Å². The molecule has 1 aliphatic rings. The van der Waals surface area contributed by atoms with Crippen molar-refractivity contribution in [1.82, 2.24) is 24.8 Å². The van der Waals surface area contributed by atoms with Crippen LogP contribution in [0, 0.1) is 6.92 Å². The van der Waals surface area contributed by atoms with Crippen molar-refractivity contribution in [3.63, 3.8) is 0 Å². The van der Waals surface area contributed by atoms with Crippen LogP contribution in [0.2, 0.25) is 0 Å². The number of hydrogen-bond acceptors (Lipinski definition) is 6. The van der Waals surface area contributed by atoms with Crippen molar-refractivity contribution < 1.29 is 9.53 Å². The Kier molecular flexibility index (Phi) is 3.92. The monoisotopic (exact) mass is 301 g/mol. The molecule has 0 aliphatic carbocycles. The Morgan fingerprint density at radius 2 is 2.36 bits per heavy atom. The topological polar surface area (TPSA) is 101 Å². The normalized spacial score (nSPS) is 18.2. The molecule has 1 aliphatic heterocycles. The highest BCUT2D eigenvalue weighted by atomic mass is 16.5. The SMILES string of the molecule is Cc1cc(=O)[nH]c(C2CN(C(=O)c3ccncn3)CCO2)n1. The molecular formula is C14H15N5O3. The molecule has 2 aromatic rings. The van der Waals surface area contributed by atoms with Crippen molar-refractivity contribution in [3.05, 3.63) is 52.2 Å². The van der Waals surface area contributed by atoms with Crippen LogP contribution in [0.4, 0.5) is 0 Å². The molecule has 1 unspecified atom stereocenters. The van der Waals surface area contributed by atoms with E-state index in [1.165, 1.54) is 18.6 Å². The number of hydrogen-bond donors (Lipinski definition) is 1. The summed E-state index contributed by atoms with van der Waals surface area (Å²) in [7, 11) is 0. The summed E-state index contributed by atoms with van der Waals surface area (Å²) < 4.78 is 5.63. The fourth-order valence-corrected chi connectivity index (χ4v) is 2.33. The molecule has 3 rings (SSSR count). The predicted molar refractivity (Wildman–Crippen MR) is 76.2 cm³/mol. The van der Waals surface area contributed by atoms with Crippen LogP contribution in [0.15, 0.2) is 29.5 Å². The minimum atomic E-state index is -0.452. The number of morpholine rings is 1. The molecule has 1 atom stereocenters. The molecule has 8 nitrogen and oxygen atoms in total. The zero-order valence-electron chi connectivity index (χ0n) is 12.0. The predicted octanol–water partition coefficient (Wildman–Crippen LogP) is 0.0820. The van der Waals surface area contributed by atoms with Gasteiger partial charge in [-0.2, -0.15) is 0 Å². The number of carbonyl (C=O) groups is 1. The minimum Gasteiger partial charge on any atom is -0.367 e. The van der Waals surface area contributed by atoms with E-state index in [-0.39, 0.29) is 11.5 Å². The van der Waals surface area contributed by atoms with E-state index in [1.54, 1.807) is 17.9 Å². The van der Waals surface area contributed by atoms with Crippen LogP contribution in [-0.2, 0) is 4.74 Å². The fraction of sp³-hybridized carbons (Fsp3) is 0.357. The van der Waals surface area contributed by atoms with Crippen LogP contribution in [0.5, 0.6) is 0 Å². The van der Waals surface area contributed by atoms with Crippen LogP contribution in [0.1, 0.15) is 28.1 Å². The van der Waals surface area contributed by atoms with E-state index in [9.17, 15) is 9.59 Å². The number of carbonyl (C=O) groups excluding carboxylic acids is 1. The minimum absolute atomic E-state index is 0.189. The highest BCUT2D eigenvalue weighted by molar-refractivity contribution is 5.92. The third kappa shape index (κ3) is 3.01. The maximum Gasteiger partial charge on any atom is 0.272 e. The smallest absolute Gasteiger partial charge is 0.272 e. The molecule has 0 radical (unpaired) electrons. The summed E-state index contributed by atoms with van der Waals surface area (Å²) in [5.74, 6) is 0.246. The Labute approximate surface area is 126 Å². The Morgan fingerprint density at radius 3 is 3.09 bits per heavy atom. The Balaban J connectivity index is 1.79. The van der Waals surface area contributed by atoms with Crippen LogP contribution >= 0.6 is 0 Å². The highest BCUT2D eigenvalue weighted by Gasteiger charge is 2.28. The van der Waals surface area contributed by atoms with Gasteiger partial charge in [-0.05, 0) is 13.0 Å². The standard InChI is InChI=1S/C14H15N5O3/c1-9-6-12(20)18-13(17-9)11-7-19(4-5-22-11)14(21)10-2-3-15-8-16-10/h2-3,6,8,11H,4-5,7H2,1H3,(H,17,18,20). The van der Waals surface area contributed by atoms with Crippen LogP contribution in [0.25, 0.3) is 0 Å². The number of H-pyrrole nitrogens is 1. The Morgan fingerprint density at radius 1 is 1.50 bits per heavy atom. The largest absolute Gasteiger partial charge is 0.367 e. The van der Waals surface area contributed by atoms with Gasteiger partial charge >= 0.3 is 0 Å². The zero-order valence-corrected chi connectivity index (χ0v) is 12.0. The molecule has 1 saturated heterocycles. The van der Waals surface area contributed by atoms with Crippen LogP contribution in [0.3, 0.4) is 0 Å². The summed E-state index contributed by atoms with van der Waals surface area (Å²) in [4.78, 5) is 40.3. The van der Waals surface area contributed by atoms with Gasteiger partial charge in [0.05, 0.1) is 13.2 Å². The molecule has 0 bridgehead atoms. The summed E-state index contributed by atoms with van der Waals surface area (Å²) >= 11 is 0. The number of aromatic amines is 1. The average molecular weight is 301 g/mol. The summed E-state index contributed by atoms with van der Waals surface area (Å²) in [6.07, 6.45) is 2.41. The molecule has 22 heavy (non-hydrogen) atoms. The second-order valence-electron chi connectivity index (χ2n) is 4.98. The van der Waals surface area contributed by atoms with E-state index in [0.717, 1.165) is 0 Å². The second-order valence-corrected chi connectivity index (χ2v) is 4.98. The fourth-order valence-electron chi connectivity index (χ4n) is 2.33. The van der Waals surface area contributed by atoms with E-state index in [2.05, 4.69) is 19.9 Å². The maximum absolute atomic E-state index is 12.4. The van der Waals surface area contributed by atoms with Gasteiger partial charge in [0.1, 0.15) is 23.9 Å². The van der Waals surface area contributed by atoms with Gasteiger partial charge in [0, 0.05) is 24.5 Å². The molecular weight excluding hydrogens is 286 g/mol. The maximum atomic E-state index is 12.4. The first-order valence-electron chi connectivity index (χ1n) is 6.88. The van der Waals surface area contributed by atoms with E-state index >= 15 is 0 Å². The van der Waals surface area contributed by atoms with Gasteiger partial charge in [-0.1, -0.05) is 0 Å². The first-order chi connectivity index (χ1) is 10.6. The highest BCUT2D eigenvalue weighted by Crippen LogP contribution is 2.19. The third-order valence-electron chi connectivity index (χ3n) is 3.35. The molecule has 3 heterocycles. The molecule has 0 spiro atoms. The molecule has 1 fully saturated rings. The van der Waals surface area contributed by atoms with Gasteiger partial charge in [-0.3, -0.25) is 9.59 Å². The van der Waals surface area contributed by atoms with Crippen molar-refractivity contribution in [1.29, 1.82) is 0 Å². The summed E-state index contributed by atoms with van der Waals surface area (Å²) in [6.45, 7) is 2.90. The van der Waals surface area contributed by atoms with Gasteiger partial charge in [-0.25, -0.2) is 15.0 Å². The number of nitrogens with zero attached hydrogens (tertiary/aromatic N) is 4. The molecule has 0 saturated carbocycles. The third-order valence-corrected chi connectivity index (χ3v) is 3.35. The van der Waals surface area contributed by atoms with Gasteiger partial charge in [0.25, 0.3) is 11.5 Å². The number of nitrogens with one attached hydrogen (secondary N) is 1. The lowest BCUT2D eigenvalue weighted by molar-refractivity contribution is -0.0271. The van der Waals surface area contributed by atoms with Crippen LogP contribution < -0.4 is 5.56 Å². The van der Waals surface area contributed by atoms with Crippen molar-refractivity contribution in [2.45, 2.75) is 13.0 Å². The number of rotatable bonds is 2. The number of aryl methyl sites for hydroxylation is 1. The van der Waals surface area contributed by atoms with Gasteiger partial charge in [0.15, 0.2) is 0 Å². The first-order valence-corrected chi connectivity index (χ1v) is 6.88. The molecule has 114 valence electrons. The quantitative estimate of drug-likeness (QED) is 0.843. The molecule has 1 amide bonds. The molecule has 2 aromatic heterocycles. The lowest BCUT2D eigenvalue weighted by Crippen LogP contribution is -2.43. The van der Waals surface area contributed by atoms with Gasteiger partial charge < -0.3 is 14.6 Å². The van der Waals surface area contributed by atoms with Gasteiger partial charge in [-0.15, -0.1) is 0 Å². The molecule has 8 heteroatoms. The number of ether oxygens (including phenoxy) is 1. The lowest BCUT2D eigenvalue weighted by Gasteiger charge is -2.32. The van der Waals surface area contributed by atoms with Crippen molar-refractivity contribution in [3.8, 4) is 0 Å². The number of aromatic nitrogens is 4. The average Bonchev–Trinajstić information content (AvgIpc) is 2.54. The number of amides is 1. The molecule has 1 N–H and O–H groups in total. The van der Waals surface area contributed by atoms with Crippen molar-refractivity contribution in [2.75, 3.05) is 19.7 Å². The Bertz CT molecular complexity index is 731. The zero-order chi connectivity index (χ0) is 15.5. The van der Waals surface area contributed by atoms with Gasteiger partial charge in [0.2, 0.25) is 0 Å². The first kappa shape index (κ1) is 14.3. The summed E-state index contributed by atoms with van der Waals surface area (Å²) in [5, 5.41) is 0. The summed E-state index contributed by atoms with van der Waals surface area (Å²) in [6, 6.07) is 2.98.